The van der Waals surface area contributed by atoms with Gasteiger partial charge in [0.1, 0.15) is 0 Å². The van der Waals surface area contributed by atoms with E-state index in [0.717, 1.165) is 11.3 Å². The van der Waals surface area contributed by atoms with E-state index in [1.165, 1.54) is 0 Å². The van der Waals surface area contributed by atoms with E-state index < -0.39 is 6.09 Å². The summed E-state index contributed by atoms with van der Waals surface area (Å²) in [6.45, 7) is 1.74. The summed E-state index contributed by atoms with van der Waals surface area (Å²) in [5, 5.41) is 6.61. The third-order valence-electron chi connectivity index (χ3n) is 2.82. The van der Waals surface area contributed by atoms with Crippen LogP contribution in [0.5, 0.6) is 0 Å². The molecule has 0 bridgehead atoms. The lowest BCUT2D eigenvalue weighted by molar-refractivity contribution is -0.121. The molecule has 2 amide bonds. The topological polar surface area (TPSA) is 79.8 Å². The van der Waals surface area contributed by atoms with E-state index in [1.54, 1.807) is 19.1 Å². The molecular weight excluding hydrogens is 270 g/mol. The van der Waals surface area contributed by atoms with Crippen molar-refractivity contribution >= 4 is 23.4 Å². The van der Waals surface area contributed by atoms with Crippen molar-refractivity contribution in [3.63, 3.8) is 0 Å². The number of nitrogens with zero attached hydrogens (tertiary/aromatic N) is 1. The summed E-state index contributed by atoms with van der Waals surface area (Å²) in [4.78, 5) is 22.5. The molecule has 0 atom stereocenters. The first-order valence-electron chi connectivity index (χ1n) is 6.48. The van der Waals surface area contributed by atoms with Crippen LogP contribution in [-0.2, 0) is 9.53 Å². The second-order valence-corrected chi connectivity index (χ2v) is 4.30. The Kier molecular flexibility index (Phi) is 4.94. The van der Waals surface area contributed by atoms with E-state index >= 15 is 0 Å². The molecule has 0 fully saturated rings. The minimum atomic E-state index is -0.548. The Morgan fingerprint density at radius 1 is 1.38 bits per heavy atom. The summed E-state index contributed by atoms with van der Waals surface area (Å²) < 4.78 is 4.85. The number of benzene rings is 1. The fraction of sp³-hybridized carbons (Fsp3) is 0.267. The summed E-state index contributed by atoms with van der Waals surface area (Å²) in [7, 11) is 0. The number of carbonyl (C=O) groups excluding carboxylic acids is 2. The Labute approximate surface area is 122 Å². The van der Waals surface area contributed by atoms with Gasteiger partial charge in [-0.3, -0.25) is 10.1 Å². The Balaban J connectivity index is 1.94. The number of hydrogen-bond donors (Lipinski definition) is 2. The van der Waals surface area contributed by atoms with Crippen LogP contribution in [0.3, 0.4) is 0 Å². The number of rotatable bonds is 3. The molecule has 0 radical (unpaired) electrons. The molecule has 0 spiro atoms. The van der Waals surface area contributed by atoms with Crippen LogP contribution in [0.2, 0.25) is 0 Å². The monoisotopic (exact) mass is 285 g/mol. The summed E-state index contributed by atoms with van der Waals surface area (Å²) in [6.07, 6.45) is 0.493. The van der Waals surface area contributed by atoms with Gasteiger partial charge in [0.05, 0.1) is 5.71 Å². The zero-order chi connectivity index (χ0) is 15.1. The van der Waals surface area contributed by atoms with Crippen LogP contribution in [0.4, 0.5) is 10.5 Å². The molecule has 2 rings (SSSR count). The number of anilines is 1. The first-order valence-corrected chi connectivity index (χ1v) is 6.48. The quantitative estimate of drug-likeness (QED) is 0.832. The second-order valence-electron chi connectivity index (χ2n) is 4.30. The zero-order valence-electron chi connectivity index (χ0n) is 11.6. The fourth-order valence-electron chi connectivity index (χ4n) is 1.76. The van der Waals surface area contributed by atoms with Crippen molar-refractivity contribution in [1.82, 2.24) is 5.43 Å². The number of amides is 2. The number of nitrogens with one attached hydrogen (secondary N) is 2. The summed E-state index contributed by atoms with van der Waals surface area (Å²) in [5.74, 6) is 5.20. The predicted octanol–water partition coefficient (Wildman–Crippen LogP) is 1.87. The Hall–Kier alpha value is -2.81. The minimum absolute atomic E-state index is 0.0664. The molecule has 0 saturated carbocycles. The lowest BCUT2D eigenvalue weighted by Crippen LogP contribution is -2.25. The molecule has 1 aromatic rings. The zero-order valence-corrected chi connectivity index (χ0v) is 11.6. The maximum atomic E-state index is 11.4. The first-order chi connectivity index (χ1) is 10.2. The molecule has 21 heavy (non-hydrogen) atoms. The molecule has 1 heterocycles. The maximum Gasteiger partial charge on any atom is 0.412 e. The van der Waals surface area contributed by atoms with Crippen LogP contribution < -0.4 is 10.7 Å². The highest BCUT2D eigenvalue weighted by atomic mass is 16.5. The third-order valence-corrected chi connectivity index (χ3v) is 2.82. The Morgan fingerprint density at radius 2 is 2.14 bits per heavy atom. The van der Waals surface area contributed by atoms with E-state index in [1.807, 2.05) is 12.1 Å². The van der Waals surface area contributed by atoms with Crippen LogP contribution in [0, 0.1) is 11.8 Å². The van der Waals surface area contributed by atoms with Gasteiger partial charge >= 0.3 is 6.09 Å². The highest BCUT2D eigenvalue weighted by Gasteiger charge is 2.13. The fourth-order valence-corrected chi connectivity index (χ4v) is 1.76. The summed E-state index contributed by atoms with van der Waals surface area (Å²) in [6, 6.07) is 7.16. The molecule has 0 aliphatic carbocycles. The van der Waals surface area contributed by atoms with Gasteiger partial charge < -0.3 is 4.74 Å². The summed E-state index contributed by atoms with van der Waals surface area (Å²) >= 11 is 0. The Morgan fingerprint density at radius 3 is 2.76 bits per heavy atom. The smallest absolute Gasteiger partial charge is 0.412 e. The largest absolute Gasteiger partial charge is 0.436 e. The Bertz CT molecular complexity index is 624. The molecule has 6 nitrogen and oxygen atoms in total. The second kappa shape index (κ2) is 7.10. The number of carbonyl (C=O) groups is 2. The van der Waals surface area contributed by atoms with Gasteiger partial charge in [0.2, 0.25) is 5.91 Å². The molecule has 1 aromatic carbocycles. The van der Waals surface area contributed by atoms with Crippen LogP contribution in [0.15, 0.2) is 29.4 Å². The molecule has 0 unspecified atom stereocenters. The molecule has 1 aliphatic heterocycles. The van der Waals surface area contributed by atoms with Gasteiger partial charge in [-0.15, -0.1) is 5.92 Å². The minimum Gasteiger partial charge on any atom is -0.436 e. The highest BCUT2D eigenvalue weighted by Crippen LogP contribution is 2.14. The van der Waals surface area contributed by atoms with Gasteiger partial charge in [0, 0.05) is 18.5 Å². The van der Waals surface area contributed by atoms with E-state index in [2.05, 4.69) is 27.7 Å². The van der Waals surface area contributed by atoms with Crippen LogP contribution >= 0.6 is 0 Å². The van der Waals surface area contributed by atoms with Crippen LogP contribution in [0.1, 0.15) is 25.3 Å². The third kappa shape index (κ3) is 4.35. The van der Waals surface area contributed by atoms with Crippen molar-refractivity contribution in [2.75, 3.05) is 11.9 Å². The van der Waals surface area contributed by atoms with Gasteiger partial charge in [0.15, 0.2) is 6.61 Å². The SMILES string of the molecule is CC#CCOC(=O)Nc1ccc(C2=NNC(=O)CC2)cc1. The van der Waals surface area contributed by atoms with Crippen molar-refractivity contribution in [1.29, 1.82) is 0 Å². The number of ether oxygens (including phenoxy) is 1. The summed E-state index contributed by atoms with van der Waals surface area (Å²) in [5.41, 5.74) is 4.80. The van der Waals surface area contributed by atoms with Crippen molar-refractivity contribution in [3.8, 4) is 11.8 Å². The molecule has 0 aromatic heterocycles. The van der Waals surface area contributed by atoms with Crippen LogP contribution in [-0.4, -0.2) is 24.3 Å². The molecule has 108 valence electrons. The number of hydrazone groups is 1. The van der Waals surface area contributed by atoms with E-state index in [4.69, 9.17) is 4.74 Å². The van der Waals surface area contributed by atoms with Crippen molar-refractivity contribution in [3.05, 3.63) is 29.8 Å². The molecule has 2 N–H and O–H groups in total. The van der Waals surface area contributed by atoms with Crippen molar-refractivity contribution in [2.24, 2.45) is 5.10 Å². The lowest BCUT2D eigenvalue weighted by atomic mass is 10.0. The van der Waals surface area contributed by atoms with E-state index in [-0.39, 0.29) is 12.5 Å². The molecule has 1 aliphatic rings. The molecular formula is C15H15N3O3. The van der Waals surface area contributed by atoms with Crippen molar-refractivity contribution < 1.29 is 14.3 Å². The standard InChI is InChI=1S/C15H15N3O3/c1-2-3-10-21-15(20)16-12-6-4-11(5-7-12)13-8-9-14(19)18-17-13/h4-7H,8-10H2,1H3,(H,16,20)(H,18,19). The van der Waals surface area contributed by atoms with Gasteiger partial charge in [0.25, 0.3) is 0 Å². The first kappa shape index (κ1) is 14.6. The average Bonchev–Trinajstić information content (AvgIpc) is 2.49. The van der Waals surface area contributed by atoms with Gasteiger partial charge in [-0.2, -0.15) is 5.10 Å². The lowest BCUT2D eigenvalue weighted by Gasteiger charge is -2.12. The van der Waals surface area contributed by atoms with Gasteiger partial charge in [-0.25, -0.2) is 10.2 Å². The van der Waals surface area contributed by atoms with E-state index in [0.29, 0.717) is 18.5 Å². The normalized spacial score (nSPS) is 13.4. The maximum absolute atomic E-state index is 11.4. The predicted molar refractivity (Wildman–Crippen MR) is 78.8 cm³/mol. The highest BCUT2D eigenvalue weighted by molar-refractivity contribution is 6.04. The molecule has 0 saturated heterocycles. The van der Waals surface area contributed by atoms with E-state index in [9.17, 15) is 9.59 Å². The van der Waals surface area contributed by atoms with Gasteiger partial charge in [-0.1, -0.05) is 18.1 Å². The van der Waals surface area contributed by atoms with Crippen molar-refractivity contribution in [2.45, 2.75) is 19.8 Å². The van der Waals surface area contributed by atoms with Crippen LogP contribution in [0.25, 0.3) is 0 Å². The van der Waals surface area contributed by atoms with Gasteiger partial charge in [-0.05, 0) is 24.6 Å². The number of hydrogen-bond acceptors (Lipinski definition) is 4. The average molecular weight is 285 g/mol. The molecule has 6 heteroatoms.